The molecule has 0 atom stereocenters. The van der Waals surface area contributed by atoms with Crippen molar-refractivity contribution in [2.75, 3.05) is 5.32 Å². The third-order valence-corrected chi connectivity index (χ3v) is 5.80. The molecule has 0 fully saturated rings. The van der Waals surface area contributed by atoms with Crippen molar-refractivity contribution in [2.45, 2.75) is 27.2 Å². The average Bonchev–Trinajstić information content (AvgIpc) is 3.08. The predicted molar refractivity (Wildman–Crippen MR) is 126 cm³/mol. The van der Waals surface area contributed by atoms with Gasteiger partial charge in [-0.1, -0.05) is 23.7 Å². The Bertz CT molecular complexity index is 1370. The van der Waals surface area contributed by atoms with Gasteiger partial charge in [0.25, 0.3) is 0 Å². The van der Waals surface area contributed by atoms with Crippen LogP contribution in [0.5, 0.6) is 0 Å². The number of rotatable bonds is 5. The molecule has 0 saturated carbocycles. The minimum absolute atomic E-state index is 0.0643. The third kappa shape index (κ3) is 4.22. The second-order valence-electron chi connectivity index (χ2n) is 7.86. The van der Waals surface area contributed by atoms with E-state index in [2.05, 4.69) is 18.3 Å². The van der Waals surface area contributed by atoms with E-state index in [0.29, 0.717) is 5.69 Å². The molecule has 2 N–H and O–H groups in total. The molecule has 4 aromatic rings. The molecule has 0 radical (unpaired) electrons. The molecular formula is C25H22ClN3O3. The Balaban J connectivity index is 1.72. The molecule has 0 bridgehead atoms. The number of anilines is 1. The number of halogens is 1. The van der Waals surface area contributed by atoms with Gasteiger partial charge in [0.2, 0.25) is 5.91 Å². The maximum atomic E-state index is 12.9. The van der Waals surface area contributed by atoms with Crippen LogP contribution in [0, 0.1) is 20.8 Å². The fourth-order valence-corrected chi connectivity index (χ4v) is 3.81. The lowest BCUT2D eigenvalue weighted by Crippen LogP contribution is -2.16. The number of carbonyl (C=O) groups excluding carboxylic acids is 1. The van der Waals surface area contributed by atoms with Gasteiger partial charge in [0.1, 0.15) is 5.65 Å². The van der Waals surface area contributed by atoms with Crippen LogP contribution in [0.25, 0.3) is 16.9 Å². The van der Waals surface area contributed by atoms with E-state index in [1.54, 1.807) is 6.07 Å². The van der Waals surface area contributed by atoms with E-state index in [9.17, 15) is 14.7 Å². The van der Waals surface area contributed by atoms with E-state index in [1.807, 2.05) is 48.7 Å². The number of aromatic carboxylic acids is 1. The van der Waals surface area contributed by atoms with Crippen molar-refractivity contribution < 1.29 is 14.7 Å². The Morgan fingerprint density at radius 2 is 1.81 bits per heavy atom. The number of fused-ring (bicyclic) bond motifs is 1. The van der Waals surface area contributed by atoms with Gasteiger partial charge in [0.15, 0.2) is 0 Å². The predicted octanol–water partition coefficient (Wildman–Crippen LogP) is 5.46. The summed E-state index contributed by atoms with van der Waals surface area (Å²) in [6, 6.07) is 14.5. The molecule has 6 nitrogen and oxygen atoms in total. The summed E-state index contributed by atoms with van der Waals surface area (Å²) in [5.41, 5.74) is 6.92. The van der Waals surface area contributed by atoms with Crippen molar-refractivity contribution in [3.05, 3.63) is 87.7 Å². The number of pyridine rings is 1. The van der Waals surface area contributed by atoms with Crippen LogP contribution in [-0.4, -0.2) is 26.4 Å². The van der Waals surface area contributed by atoms with Crippen molar-refractivity contribution in [1.82, 2.24) is 9.38 Å². The van der Waals surface area contributed by atoms with Crippen LogP contribution in [0.3, 0.4) is 0 Å². The highest BCUT2D eigenvalue weighted by atomic mass is 35.5. The molecule has 0 unspecified atom stereocenters. The van der Waals surface area contributed by atoms with Crippen LogP contribution >= 0.6 is 11.6 Å². The summed E-state index contributed by atoms with van der Waals surface area (Å²) in [4.78, 5) is 29.1. The number of hydrogen-bond acceptors (Lipinski definition) is 3. The first-order chi connectivity index (χ1) is 15.2. The standard InChI is InChI=1S/C25H22ClN3O3/c1-14-8-9-29-21(13-23(30)27-18-6-7-20(26)19(12-18)25(31)32)24(28-22(29)10-14)17-5-4-15(2)16(3)11-17/h4-12H,13H2,1-3H3,(H,27,30)(H,31,32). The highest BCUT2D eigenvalue weighted by Crippen LogP contribution is 2.28. The van der Waals surface area contributed by atoms with Crippen molar-refractivity contribution in [2.24, 2.45) is 0 Å². The van der Waals surface area contributed by atoms with Crippen molar-refractivity contribution >= 4 is 34.8 Å². The normalized spacial score (nSPS) is 11.0. The minimum atomic E-state index is -1.15. The Labute approximate surface area is 190 Å². The first-order valence-electron chi connectivity index (χ1n) is 10.1. The Morgan fingerprint density at radius 3 is 2.53 bits per heavy atom. The van der Waals surface area contributed by atoms with E-state index in [4.69, 9.17) is 16.6 Å². The quantitative estimate of drug-likeness (QED) is 0.425. The SMILES string of the molecule is Cc1ccn2c(CC(=O)Nc3ccc(Cl)c(C(=O)O)c3)c(-c3ccc(C)c(C)c3)nc2c1. The average molecular weight is 448 g/mol. The number of nitrogens with one attached hydrogen (secondary N) is 1. The van der Waals surface area contributed by atoms with Crippen LogP contribution in [-0.2, 0) is 11.2 Å². The number of aryl methyl sites for hydroxylation is 3. The van der Waals surface area contributed by atoms with Crippen LogP contribution in [0.2, 0.25) is 5.02 Å². The molecule has 4 rings (SSSR count). The summed E-state index contributed by atoms with van der Waals surface area (Å²) in [6.07, 6.45) is 1.98. The zero-order valence-corrected chi connectivity index (χ0v) is 18.7. The largest absolute Gasteiger partial charge is 0.478 e. The van der Waals surface area contributed by atoms with E-state index in [1.165, 1.54) is 17.7 Å². The number of carboxylic acid groups (broad SMARTS) is 1. The van der Waals surface area contributed by atoms with Crippen molar-refractivity contribution in [3.63, 3.8) is 0 Å². The molecule has 162 valence electrons. The van der Waals surface area contributed by atoms with Crippen LogP contribution in [0.1, 0.15) is 32.7 Å². The van der Waals surface area contributed by atoms with E-state index in [0.717, 1.165) is 33.7 Å². The van der Waals surface area contributed by atoms with Gasteiger partial charge < -0.3 is 14.8 Å². The first kappa shape index (κ1) is 21.6. The number of carboxylic acids is 1. The molecule has 32 heavy (non-hydrogen) atoms. The number of nitrogens with zero attached hydrogens (tertiary/aromatic N) is 2. The van der Waals surface area contributed by atoms with Gasteiger partial charge in [-0.15, -0.1) is 0 Å². The summed E-state index contributed by atoms with van der Waals surface area (Å²) >= 11 is 5.93. The summed E-state index contributed by atoms with van der Waals surface area (Å²) < 4.78 is 1.92. The summed E-state index contributed by atoms with van der Waals surface area (Å²) in [6.45, 7) is 6.10. The zero-order chi connectivity index (χ0) is 23.0. The molecule has 1 amide bonds. The summed E-state index contributed by atoms with van der Waals surface area (Å²) in [5.74, 6) is -1.43. The van der Waals surface area contributed by atoms with Crippen molar-refractivity contribution in [3.8, 4) is 11.3 Å². The topological polar surface area (TPSA) is 83.7 Å². The number of carbonyl (C=O) groups is 2. The molecule has 0 aliphatic carbocycles. The van der Waals surface area contributed by atoms with E-state index >= 15 is 0 Å². The first-order valence-corrected chi connectivity index (χ1v) is 10.5. The van der Waals surface area contributed by atoms with Gasteiger partial charge in [0, 0.05) is 17.4 Å². The highest BCUT2D eigenvalue weighted by Gasteiger charge is 2.18. The number of imidazole rings is 1. The lowest BCUT2D eigenvalue weighted by Gasteiger charge is -2.10. The van der Waals surface area contributed by atoms with Crippen molar-refractivity contribution in [1.29, 1.82) is 0 Å². The molecule has 0 saturated heterocycles. The van der Waals surface area contributed by atoms with Gasteiger partial charge in [-0.3, -0.25) is 4.79 Å². The van der Waals surface area contributed by atoms with Gasteiger partial charge in [-0.05, 0) is 73.9 Å². The Morgan fingerprint density at radius 1 is 1.03 bits per heavy atom. The van der Waals surface area contributed by atoms with Crippen LogP contribution in [0.4, 0.5) is 5.69 Å². The van der Waals surface area contributed by atoms with Gasteiger partial charge >= 0.3 is 5.97 Å². The molecule has 0 aliphatic heterocycles. The second-order valence-corrected chi connectivity index (χ2v) is 8.27. The van der Waals surface area contributed by atoms with Gasteiger partial charge in [-0.25, -0.2) is 9.78 Å². The Kier molecular flexibility index (Phi) is 5.72. The van der Waals surface area contributed by atoms with Gasteiger partial charge in [-0.2, -0.15) is 0 Å². The third-order valence-electron chi connectivity index (χ3n) is 5.47. The maximum absolute atomic E-state index is 12.9. The summed E-state index contributed by atoms with van der Waals surface area (Å²) in [5, 5.41) is 12.2. The molecular weight excluding hydrogens is 426 g/mol. The molecule has 0 aliphatic rings. The zero-order valence-electron chi connectivity index (χ0n) is 17.9. The fraction of sp³-hybridized carbons (Fsp3) is 0.160. The monoisotopic (exact) mass is 447 g/mol. The smallest absolute Gasteiger partial charge is 0.337 e. The summed E-state index contributed by atoms with van der Waals surface area (Å²) in [7, 11) is 0. The van der Waals surface area contributed by atoms with E-state index in [-0.39, 0.29) is 22.9 Å². The number of benzene rings is 2. The lowest BCUT2D eigenvalue weighted by atomic mass is 10.0. The Hall–Kier alpha value is -3.64. The molecule has 2 aromatic heterocycles. The molecule has 2 aromatic carbocycles. The minimum Gasteiger partial charge on any atom is -0.478 e. The fourth-order valence-electron chi connectivity index (χ4n) is 3.61. The van der Waals surface area contributed by atoms with E-state index < -0.39 is 5.97 Å². The number of amides is 1. The number of aromatic nitrogens is 2. The lowest BCUT2D eigenvalue weighted by molar-refractivity contribution is -0.115. The number of hydrogen-bond donors (Lipinski definition) is 2. The molecule has 7 heteroatoms. The van der Waals surface area contributed by atoms with Crippen LogP contribution in [0.15, 0.2) is 54.7 Å². The maximum Gasteiger partial charge on any atom is 0.337 e. The highest BCUT2D eigenvalue weighted by molar-refractivity contribution is 6.33. The molecule has 0 spiro atoms. The second kappa shape index (κ2) is 8.48. The van der Waals surface area contributed by atoms with Gasteiger partial charge in [0.05, 0.1) is 28.4 Å². The molecule has 2 heterocycles. The van der Waals surface area contributed by atoms with Crippen LogP contribution < -0.4 is 5.32 Å².